The zero-order valence-electron chi connectivity index (χ0n) is 5.14. The van der Waals surface area contributed by atoms with Crippen molar-refractivity contribution in [1.82, 2.24) is 0 Å². The van der Waals surface area contributed by atoms with E-state index in [2.05, 4.69) is 9.20 Å². The highest BCUT2D eigenvalue weighted by Gasteiger charge is 2.21. The van der Waals surface area contributed by atoms with Crippen molar-refractivity contribution in [1.29, 1.82) is 0 Å². The van der Waals surface area contributed by atoms with E-state index in [1.807, 2.05) is 0 Å². The highest BCUT2D eigenvalue weighted by Crippen LogP contribution is 2.42. The van der Waals surface area contributed by atoms with Crippen LogP contribution in [0.2, 0.25) is 0 Å². The minimum atomic E-state index is -4.17. The summed E-state index contributed by atoms with van der Waals surface area (Å²) in [4.78, 5) is 8.35. The molecule has 0 amide bonds. The minimum Gasteiger partial charge on any atom is -0.301 e. The lowest BCUT2D eigenvalue weighted by Crippen LogP contribution is -2.00. The average molecular weight is 156 g/mol. The fraction of sp³-hybridized carbons (Fsp3) is 1.00. The van der Waals surface area contributed by atoms with Crippen molar-refractivity contribution < 1.29 is 23.9 Å². The van der Waals surface area contributed by atoms with Gasteiger partial charge in [-0.2, -0.15) is 0 Å². The molecule has 0 aliphatic carbocycles. The Morgan fingerprint density at radius 1 is 1.56 bits per heavy atom. The van der Waals surface area contributed by atoms with Crippen molar-refractivity contribution in [3.8, 4) is 0 Å². The zero-order valence-corrected chi connectivity index (χ0v) is 6.04. The van der Waals surface area contributed by atoms with Gasteiger partial charge in [-0.1, -0.05) is 0 Å². The standard InChI is InChI=1S/C3H9O5P/c1-3(2)7-9(5,6)8-4/h3-4H,1-2H3,(H,5,6). The van der Waals surface area contributed by atoms with E-state index >= 15 is 0 Å². The maximum atomic E-state index is 10.3. The molecular formula is C3H9O5P. The molecule has 1 atom stereocenters. The summed E-state index contributed by atoms with van der Waals surface area (Å²) in [5.74, 6) is 0. The summed E-state index contributed by atoms with van der Waals surface area (Å²) in [5.41, 5.74) is 0. The minimum absolute atomic E-state index is 0.451. The summed E-state index contributed by atoms with van der Waals surface area (Å²) < 4.78 is 17.6. The van der Waals surface area contributed by atoms with Crippen molar-refractivity contribution >= 4 is 7.82 Å². The summed E-state index contributed by atoms with van der Waals surface area (Å²) >= 11 is 0. The third-order valence-electron chi connectivity index (χ3n) is 0.447. The van der Waals surface area contributed by atoms with Gasteiger partial charge in [0.25, 0.3) is 0 Å². The molecule has 5 nitrogen and oxygen atoms in total. The van der Waals surface area contributed by atoms with Gasteiger partial charge in [-0.25, -0.2) is 9.82 Å². The fourth-order valence-electron chi connectivity index (χ4n) is 0.286. The lowest BCUT2D eigenvalue weighted by atomic mass is 10.5. The van der Waals surface area contributed by atoms with Crippen LogP contribution in [0.4, 0.5) is 0 Å². The van der Waals surface area contributed by atoms with E-state index in [1.54, 1.807) is 13.8 Å². The zero-order chi connectivity index (χ0) is 7.49. The first-order chi connectivity index (χ1) is 3.98. The second-order valence-corrected chi connectivity index (χ2v) is 3.02. The van der Waals surface area contributed by atoms with Crippen molar-refractivity contribution in [2.75, 3.05) is 0 Å². The van der Waals surface area contributed by atoms with Gasteiger partial charge in [0.15, 0.2) is 0 Å². The second kappa shape index (κ2) is 3.29. The first-order valence-electron chi connectivity index (χ1n) is 2.32. The summed E-state index contributed by atoms with van der Waals surface area (Å²) in [6.07, 6.45) is -0.451. The molecule has 0 radical (unpaired) electrons. The lowest BCUT2D eigenvalue weighted by Gasteiger charge is -2.09. The molecule has 0 saturated carbocycles. The topological polar surface area (TPSA) is 76.0 Å². The first kappa shape index (κ1) is 9.07. The molecule has 0 heterocycles. The Labute approximate surface area is 52.8 Å². The third kappa shape index (κ3) is 4.57. The Kier molecular flexibility index (Phi) is 3.32. The summed E-state index contributed by atoms with van der Waals surface area (Å²) in [5, 5.41) is 7.70. The van der Waals surface area contributed by atoms with Crippen LogP contribution >= 0.6 is 7.82 Å². The molecule has 0 spiro atoms. The number of hydrogen-bond acceptors (Lipinski definition) is 4. The predicted octanol–water partition coefficient (Wildman–Crippen LogP) is 1.00. The van der Waals surface area contributed by atoms with Crippen LogP contribution in [0.3, 0.4) is 0 Å². The van der Waals surface area contributed by atoms with Crippen molar-refractivity contribution in [3.63, 3.8) is 0 Å². The molecular weight excluding hydrogens is 147 g/mol. The van der Waals surface area contributed by atoms with Crippen LogP contribution in [0.15, 0.2) is 0 Å². The van der Waals surface area contributed by atoms with E-state index in [0.717, 1.165) is 0 Å². The van der Waals surface area contributed by atoms with Crippen molar-refractivity contribution in [2.45, 2.75) is 20.0 Å². The van der Waals surface area contributed by atoms with Gasteiger partial charge in [0.1, 0.15) is 0 Å². The number of hydrogen-bond donors (Lipinski definition) is 2. The smallest absolute Gasteiger partial charge is 0.301 e. The third-order valence-corrected chi connectivity index (χ3v) is 1.34. The molecule has 2 N–H and O–H groups in total. The molecule has 0 fully saturated rings. The molecule has 1 unspecified atom stereocenters. The molecule has 0 bridgehead atoms. The van der Waals surface area contributed by atoms with Gasteiger partial charge >= 0.3 is 7.82 Å². The Morgan fingerprint density at radius 3 is 2.11 bits per heavy atom. The Hall–Kier alpha value is 0.0700. The molecule has 0 aromatic carbocycles. The SMILES string of the molecule is CC(C)OP(=O)(O)OO. The molecule has 56 valence electrons. The van der Waals surface area contributed by atoms with Gasteiger partial charge in [-0.05, 0) is 13.8 Å². The fourth-order valence-corrected chi connectivity index (χ4v) is 0.857. The summed E-state index contributed by atoms with van der Waals surface area (Å²) in [7, 11) is -4.17. The van der Waals surface area contributed by atoms with E-state index in [-0.39, 0.29) is 0 Å². The number of phosphoric ester groups is 1. The maximum absolute atomic E-state index is 10.3. The highest BCUT2D eigenvalue weighted by atomic mass is 31.2. The molecule has 0 aliphatic rings. The predicted molar refractivity (Wildman–Crippen MR) is 29.8 cm³/mol. The first-order valence-corrected chi connectivity index (χ1v) is 3.82. The van der Waals surface area contributed by atoms with Gasteiger partial charge < -0.3 is 4.89 Å². The molecule has 6 heteroatoms. The maximum Gasteiger partial charge on any atom is 0.499 e. The van der Waals surface area contributed by atoms with Crippen LogP contribution < -0.4 is 0 Å². The molecule has 0 rings (SSSR count). The molecule has 9 heavy (non-hydrogen) atoms. The van der Waals surface area contributed by atoms with Gasteiger partial charge in [-0.3, -0.25) is 4.52 Å². The van der Waals surface area contributed by atoms with Gasteiger partial charge in [0, 0.05) is 0 Å². The average Bonchev–Trinajstić information content (AvgIpc) is 1.63. The van der Waals surface area contributed by atoms with E-state index < -0.39 is 13.9 Å². The van der Waals surface area contributed by atoms with Crippen LogP contribution in [0, 0.1) is 0 Å². The summed E-state index contributed by atoms with van der Waals surface area (Å²) in [6, 6.07) is 0. The van der Waals surface area contributed by atoms with Gasteiger partial charge in [0.2, 0.25) is 0 Å². The van der Waals surface area contributed by atoms with Crippen LogP contribution in [0.1, 0.15) is 13.8 Å². The van der Waals surface area contributed by atoms with E-state index in [1.165, 1.54) is 0 Å². The monoisotopic (exact) mass is 156 g/mol. The van der Waals surface area contributed by atoms with Gasteiger partial charge in [-0.15, -0.1) is 4.67 Å². The van der Waals surface area contributed by atoms with Gasteiger partial charge in [0.05, 0.1) is 6.10 Å². The van der Waals surface area contributed by atoms with Crippen molar-refractivity contribution in [3.05, 3.63) is 0 Å². The van der Waals surface area contributed by atoms with Crippen LogP contribution in [0.5, 0.6) is 0 Å². The number of rotatable bonds is 3. The second-order valence-electron chi connectivity index (χ2n) is 1.70. The molecule has 0 aromatic heterocycles. The quantitative estimate of drug-likeness (QED) is 0.362. The van der Waals surface area contributed by atoms with E-state index in [4.69, 9.17) is 10.2 Å². The number of phosphoric acid groups is 1. The summed E-state index contributed by atoms with van der Waals surface area (Å²) in [6.45, 7) is 3.09. The van der Waals surface area contributed by atoms with E-state index in [0.29, 0.717) is 0 Å². The van der Waals surface area contributed by atoms with Crippen LogP contribution in [0.25, 0.3) is 0 Å². The Balaban J connectivity index is 3.73. The van der Waals surface area contributed by atoms with Crippen LogP contribution in [-0.4, -0.2) is 16.3 Å². The van der Waals surface area contributed by atoms with Crippen molar-refractivity contribution in [2.24, 2.45) is 0 Å². The molecule has 0 saturated heterocycles. The lowest BCUT2D eigenvalue weighted by molar-refractivity contribution is -0.164. The normalized spacial score (nSPS) is 17.9. The van der Waals surface area contributed by atoms with E-state index in [9.17, 15) is 4.57 Å². The molecule has 0 aliphatic heterocycles. The van der Waals surface area contributed by atoms with Crippen LogP contribution in [-0.2, 0) is 13.8 Å². The molecule has 0 aromatic rings. The largest absolute Gasteiger partial charge is 0.499 e. The Bertz CT molecular complexity index is 121. The Morgan fingerprint density at radius 2 is 2.00 bits per heavy atom. The highest BCUT2D eigenvalue weighted by molar-refractivity contribution is 7.47.